The van der Waals surface area contributed by atoms with E-state index in [4.69, 9.17) is 9.47 Å². The lowest BCUT2D eigenvalue weighted by Gasteiger charge is -2.12. The molecule has 0 saturated heterocycles. The van der Waals surface area contributed by atoms with Gasteiger partial charge in [-0.2, -0.15) is 0 Å². The summed E-state index contributed by atoms with van der Waals surface area (Å²) < 4.78 is 11.5. The molecule has 2 aromatic rings. The molecule has 0 aromatic heterocycles. The van der Waals surface area contributed by atoms with Crippen LogP contribution in [-0.4, -0.2) is 20.1 Å². The zero-order valence-corrected chi connectivity index (χ0v) is 14.9. The Balaban J connectivity index is 1.91. The van der Waals surface area contributed by atoms with E-state index in [1.165, 1.54) is 0 Å². The van der Waals surface area contributed by atoms with Crippen LogP contribution in [0.1, 0.15) is 17.5 Å². The van der Waals surface area contributed by atoms with Gasteiger partial charge >= 0.3 is 0 Å². The molecule has 122 valence electrons. The lowest BCUT2D eigenvalue weighted by Crippen LogP contribution is -2.23. The number of aryl methyl sites for hydroxylation is 1. The number of benzene rings is 2. The fourth-order valence-corrected chi connectivity index (χ4v) is 2.74. The van der Waals surface area contributed by atoms with E-state index < -0.39 is 0 Å². The van der Waals surface area contributed by atoms with Gasteiger partial charge < -0.3 is 14.8 Å². The van der Waals surface area contributed by atoms with Crippen molar-refractivity contribution >= 4 is 21.8 Å². The Kier molecular flexibility index (Phi) is 6.47. The number of hydrogen-bond acceptors (Lipinski definition) is 3. The summed E-state index contributed by atoms with van der Waals surface area (Å²) in [4.78, 5) is 12.0. The molecule has 0 unspecified atom stereocenters. The number of carbonyl (C=O) groups excluding carboxylic acids is 1. The van der Waals surface area contributed by atoms with E-state index in [0.29, 0.717) is 30.9 Å². The molecule has 5 heteroatoms. The summed E-state index contributed by atoms with van der Waals surface area (Å²) in [5.41, 5.74) is 2.10. The maximum atomic E-state index is 12.0. The third-order valence-corrected chi connectivity index (χ3v) is 4.24. The molecular weight excluding hydrogens is 358 g/mol. The van der Waals surface area contributed by atoms with E-state index in [-0.39, 0.29) is 5.91 Å². The van der Waals surface area contributed by atoms with Crippen molar-refractivity contribution in [3.8, 4) is 11.5 Å². The first-order valence-corrected chi connectivity index (χ1v) is 8.14. The molecule has 2 rings (SSSR count). The molecule has 0 atom stereocenters. The third kappa shape index (κ3) is 4.99. The van der Waals surface area contributed by atoms with E-state index in [2.05, 4.69) is 21.2 Å². The SMILES string of the molecule is COc1cc(Br)c(CCC(=O)NCc2ccccc2)cc1OC. The number of ether oxygens (including phenoxy) is 2. The van der Waals surface area contributed by atoms with Crippen molar-refractivity contribution < 1.29 is 14.3 Å². The number of nitrogens with one attached hydrogen (secondary N) is 1. The van der Waals surface area contributed by atoms with E-state index >= 15 is 0 Å². The molecule has 0 bridgehead atoms. The quantitative estimate of drug-likeness (QED) is 0.799. The fraction of sp³-hybridized carbons (Fsp3) is 0.278. The van der Waals surface area contributed by atoms with Gasteiger partial charge in [-0.25, -0.2) is 0 Å². The molecule has 0 aliphatic heterocycles. The molecule has 0 aliphatic rings. The molecular formula is C18H20BrNO3. The van der Waals surface area contributed by atoms with Crippen LogP contribution < -0.4 is 14.8 Å². The number of rotatable bonds is 7. The minimum atomic E-state index is 0.0236. The van der Waals surface area contributed by atoms with Crippen LogP contribution in [0.3, 0.4) is 0 Å². The van der Waals surface area contributed by atoms with Crippen LogP contribution in [-0.2, 0) is 17.8 Å². The molecule has 1 amide bonds. The lowest BCUT2D eigenvalue weighted by molar-refractivity contribution is -0.121. The molecule has 4 nitrogen and oxygen atoms in total. The van der Waals surface area contributed by atoms with Crippen LogP contribution in [0.2, 0.25) is 0 Å². The summed E-state index contributed by atoms with van der Waals surface area (Å²) in [7, 11) is 3.20. The molecule has 0 aliphatic carbocycles. The highest BCUT2D eigenvalue weighted by atomic mass is 79.9. The van der Waals surface area contributed by atoms with Gasteiger partial charge in [0.05, 0.1) is 14.2 Å². The van der Waals surface area contributed by atoms with E-state index in [0.717, 1.165) is 15.6 Å². The van der Waals surface area contributed by atoms with Crippen LogP contribution in [0.4, 0.5) is 0 Å². The molecule has 0 spiro atoms. The summed E-state index contributed by atoms with van der Waals surface area (Å²) in [5, 5.41) is 2.93. The van der Waals surface area contributed by atoms with Crippen molar-refractivity contribution in [2.75, 3.05) is 14.2 Å². The van der Waals surface area contributed by atoms with Gasteiger partial charge in [-0.05, 0) is 29.7 Å². The van der Waals surface area contributed by atoms with Crippen LogP contribution in [0.25, 0.3) is 0 Å². The van der Waals surface area contributed by atoms with Gasteiger partial charge in [-0.3, -0.25) is 4.79 Å². The Morgan fingerprint density at radius 2 is 1.74 bits per heavy atom. The van der Waals surface area contributed by atoms with Crippen LogP contribution in [0.5, 0.6) is 11.5 Å². The lowest BCUT2D eigenvalue weighted by atomic mass is 10.1. The van der Waals surface area contributed by atoms with E-state index in [1.807, 2.05) is 42.5 Å². The predicted molar refractivity (Wildman–Crippen MR) is 93.9 cm³/mol. The number of hydrogen-bond donors (Lipinski definition) is 1. The minimum Gasteiger partial charge on any atom is -0.493 e. The summed E-state index contributed by atoms with van der Waals surface area (Å²) in [5.74, 6) is 1.35. The normalized spacial score (nSPS) is 10.2. The highest BCUT2D eigenvalue weighted by Crippen LogP contribution is 2.33. The fourth-order valence-electron chi connectivity index (χ4n) is 2.22. The monoisotopic (exact) mass is 377 g/mol. The van der Waals surface area contributed by atoms with E-state index in [9.17, 15) is 4.79 Å². The second kappa shape index (κ2) is 8.58. The molecule has 0 saturated carbocycles. The van der Waals surface area contributed by atoms with Crippen molar-refractivity contribution in [1.29, 1.82) is 0 Å². The summed E-state index contributed by atoms with van der Waals surface area (Å²) >= 11 is 3.51. The number of carbonyl (C=O) groups is 1. The van der Waals surface area contributed by atoms with Crippen molar-refractivity contribution in [2.45, 2.75) is 19.4 Å². The first-order valence-electron chi connectivity index (χ1n) is 7.35. The van der Waals surface area contributed by atoms with Crippen LogP contribution in [0, 0.1) is 0 Å². The Labute approximate surface area is 144 Å². The zero-order valence-electron chi connectivity index (χ0n) is 13.3. The summed E-state index contributed by atoms with van der Waals surface area (Å²) in [6, 6.07) is 13.6. The summed E-state index contributed by atoms with van der Waals surface area (Å²) in [6.07, 6.45) is 1.04. The Morgan fingerprint density at radius 1 is 1.09 bits per heavy atom. The molecule has 1 N–H and O–H groups in total. The average Bonchev–Trinajstić information content (AvgIpc) is 2.59. The van der Waals surface area contributed by atoms with Gasteiger partial charge in [0.2, 0.25) is 5.91 Å². The smallest absolute Gasteiger partial charge is 0.220 e. The molecule has 2 aromatic carbocycles. The zero-order chi connectivity index (χ0) is 16.7. The van der Waals surface area contributed by atoms with Crippen molar-refractivity contribution in [1.82, 2.24) is 5.32 Å². The molecule has 23 heavy (non-hydrogen) atoms. The van der Waals surface area contributed by atoms with Gasteiger partial charge in [0.1, 0.15) is 0 Å². The number of methoxy groups -OCH3 is 2. The second-order valence-corrected chi connectivity index (χ2v) is 5.92. The maximum absolute atomic E-state index is 12.0. The molecule has 0 radical (unpaired) electrons. The molecule has 0 fully saturated rings. The van der Waals surface area contributed by atoms with Gasteiger partial charge in [0.25, 0.3) is 0 Å². The van der Waals surface area contributed by atoms with E-state index in [1.54, 1.807) is 14.2 Å². The Bertz CT molecular complexity index is 659. The second-order valence-electron chi connectivity index (χ2n) is 5.06. The van der Waals surface area contributed by atoms with Crippen LogP contribution >= 0.6 is 15.9 Å². The third-order valence-electron chi connectivity index (χ3n) is 3.51. The number of halogens is 1. The predicted octanol–water partition coefficient (Wildman–Crippen LogP) is 3.72. The van der Waals surface area contributed by atoms with Gasteiger partial charge in [0, 0.05) is 17.4 Å². The van der Waals surface area contributed by atoms with Crippen molar-refractivity contribution in [3.63, 3.8) is 0 Å². The molecule has 0 heterocycles. The largest absolute Gasteiger partial charge is 0.493 e. The standard InChI is InChI=1S/C18H20BrNO3/c1-22-16-10-14(15(19)11-17(16)23-2)8-9-18(21)20-12-13-6-4-3-5-7-13/h3-7,10-11H,8-9,12H2,1-2H3,(H,20,21). The Morgan fingerprint density at radius 3 is 2.39 bits per heavy atom. The van der Waals surface area contributed by atoms with Crippen molar-refractivity contribution in [2.24, 2.45) is 0 Å². The van der Waals surface area contributed by atoms with Gasteiger partial charge in [0.15, 0.2) is 11.5 Å². The highest BCUT2D eigenvalue weighted by molar-refractivity contribution is 9.10. The first-order chi connectivity index (χ1) is 11.1. The maximum Gasteiger partial charge on any atom is 0.220 e. The minimum absolute atomic E-state index is 0.0236. The van der Waals surface area contributed by atoms with Crippen LogP contribution in [0.15, 0.2) is 46.9 Å². The van der Waals surface area contributed by atoms with Gasteiger partial charge in [-0.1, -0.05) is 46.3 Å². The summed E-state index contributed by atoms with van der Waals surface area (Å²) in [6.45, 7) is 0.548. The topological polar surface area (TPSA) is 47.6 Å². The first kappa shape index (κ1) is 17.3. The van der Waals surface area contributed by atoms with Gasteiger partial charge in [-0.15, -0.1) is 0 Å². The Hall–Kier alpha value is -2.01. The highest BCUT2D eigenvalue weighted by Gasteiger charge is 2.11. The van der Waals surface area contributed by atoms with Crippen molar-refractivity contribution in [3.05, 3.63) is 58.1 Å². The average molecular weight is 378 g/mol. The number of amides is 1.